The maximum absolute atomic E-state index is 11.9. The summed E-state index contributed by atoms with van der Waals surface area (Å²) in [5, 5.41) is 11.4. The summed E-state index contributed by atoms with van der Waals surface area (Å²) in [7, 11) is 1.56. The Labute approximate surface area is 110 Å². The quantitative estimate of drug-likeness (QED) is 0.581. The Morgan fingerprint density at radius 1 is 1.37 bits per heavy atom. The molecule has 0 aromatic heterocycles. The molecule has 0 heterocycles. The van der Waals surface area contributed by atoms with Crippen LogP contribution in [-0.4, -0.2) is 60.3 Å². The number of carboxylic acids is 1. The second-order valence-corrected chi connectivity index (χ2v) is 4.48. The van der Waals surface area contributed by atoms with Crippen LogP contribution in [0.15, 0.2) is 0 Å². The minimum Gasteiger partial charge on any atom is -0.480 e. The molecule has 0 spiro atoms. The SMILES string of the molecule is COC1CCCC1NC(=O)N(CC(N)=O)CC(=O)O. The highest BCUT2D eigenvalue weighted by molar-refractivity contribution is 5.86. The molecular weight excluding hydrogens is 254 g/mol. The lowest BCUT2D eigenvalue weighted by atomic mass is 10.2. The highest BCUT2D eigenvalue weighted by Gasteiger charge is 2.30. The number of aliphatic carboxylic acids is 1. The largest absolute Gasteiger partial charge is 0.480 e. The van der Waals surface area contributed by atoms with Crippen LogP contribution in [0, 0.1) is 0 Å². The molecule has 0 aromatic rings. The van der Waals surface area contributed by atoms with E-state index in [1.165, 1.54) is 0 Å². The van der Waals surface area contributed by atoms with Crippen LogP contribution in [0.4, 0.5) is 4.79 Å². The van der Waals surface area contributed by atoms with Gasteiger partial charge in [0, 0.05) is 7.11 Å². The lowest BCUT2D eigenvalue weighted by Crippen LogP contribution is -2.51. The summed E-state index contributed by atoms with van der Waals surface area (Å²) in [6.45, 7) is -0.998. The van der Waals surface area contributed by atoms with Gasteiger partial charge in [-0.3, -0.25) is 9.59 Å². The predicted octanol–water partition coefficient (Wildman–Crippen LogP) is -0.865. The maximum Gasteiger partial charge on any atom is 0.323 e. The highest BCUT2D eigenvalue weighted by Crippen LogP contribution is 2.21. The number of nitrogens with two attached hydrogens (primary N) is 1. The molecule has 1 fully saturated rings. The normalized spacial score (nSPS) is 21.9. The molecule has 4 N–H and O–H groups in total. The van der Waals surface area contributed by atoms with Crippen LogP contribution in [0.3, 0.4) is 0 Å². The summed E-state index contributed by atoms with van der Waals surface area (Å²) >= 11 is 0. The Kier molecular flexibility index (Phi) is 5.56. The van der Waals surface area contributed by atoms with E-state index >= 15 is 0 Å². The number of urea groups is 1. The van der Waals surface area contributed by atoms with E-state index in [9.17, 15) is 14.4 Å². The van der Waals surface area contributed by atoms with Crippen LogP contribution < -0.4 is 11.1 Å². The molecule has 1 rings (SSSR count). The number of ether oxygens (including phenoxy) is 1. The topological polar surface area (TPSA) is 122 Å². The van der Waals surface area contributed by atoms with Gasteiger partial charge in [0.15, 0.2) is 0 Å². The van der Waals surface area contributed by atoms with Gasteiger partial charge in [0.25, 0.3) is 0 Å². The Morgan fingerprint density at radius 3 is 2.58 bits per heavy atom. The van der Waals surface area contributed by atoms with Gasteiger partial charge < -0.3 is 25.8 Å². The standard InChI is InChI=1S/C11H19N3O5/c1-19-8-4-2-3-7(8)13-11(18)14(5-9(12)15)6-10(16)17/h7-8H,2-6H2,1H3,(H2,12,15)(H,13,18)(H,16,17). The first-order valence-corrected chi connectivity index (χ1v) is 6.02. The van der Waals surface area contributed by atoms with Gasteiger partial charge in [0.1, 0.15) is 13.1 Å². The number of nitrogens with one attached hydrogen (secondary N) is 1. The zero-order valence-electron chi connectivity index (χ0n) is 10.8. The van der Waals surface area contributed by atoms with E-state index < -0.39 is 31.0 Å². The molecule has 0 aliphatic heterocycles. The molecular formula is C11H19N3O5. The highest BCUT2D eigenvalue weighted by atomic mass is 16.5. The average Bonchev–Trinajstić information content (AvgIpc) is 2.74. The van der Waals surface area contributed by atoms with Crippen molar-refractivity contribution >= 4 is 17.9 Å². The van der Waals surface area contributed by atoms with Gasteiger partial charge in [0.05, 0.1) is 12.1 Å². The van der Waals surface area contributed by atoms with Crippen molar-refractivity contribution in [3.8, 4) is 0 Å². The molecule has 2 unspecified atom stereocenters. The van der Waals surface area contributed by atoms with Crippen molar-refractivity contribution in [2.75, 3.05) is 20.2 Å². The summed E-state index contributed by atoms with van der Waals surface area (Å²) in [6.07, 6.45) is 2.46. The van der Waals surface area contributed by atoms with Gasteiger partial charge >= 0.3 is 12.0 Å². The number of nitrogens with zero attached hydrogens (tertiary/aromatic N) is 1. The summed E-state index contributed by atoms with van der Waals surface area (Å²) in [5.74, 6) is -1.96. The Morgan fingerprint density at radius 2 is 2.05 bits per heavy atom. The Balaban J connectivity index is 2.60. The number of primary amides is 1. The van der Waals surface area contributed by atoms with Gasteiger partial charge in [0.2, 0.25) is 5.91 Å². The van der Waals surface area contributed by atoms with Gasteiger partial charge in [-0.25, -0.2) is 4.79 Å². The van der Waals surface area contributed by atoms with Crippen LogP contribution in [-0.2, 0) is 14.3 Å². The molecule has 19 heavy (non-hydrogen) atoms. The van der Waals surface area contributed by atoms with Gasteiger partial charge in [-0.2, -0.15) is 0 Å². The number of hydrogen-bond donors (Lipinski definition) is 3. The fraction of sp³-hybridized carbons (Fsp3) is 0.727. The lowest BCUT2D eigenvalue weighted by molar-refractivity contribution is -0.137. The average molecular weight is 273 g/mol. The van der Waals surface area contributed by atoms with E-state index in [1.807, 2.05) is 0 Å². The molecule has 108 valence electrons. The first kappa shape index (κ1) is 15.2. The summed E-state index contributed by atoms with van der Waals surface area (Å²) in [6, 6.07) is -0.781. The number of methoxy groups -OCH3 is 1. The molecule has 0 bridgehead atoms. The molecule has 8 heteroatoms. The van der Waals surface area contributed by atoms with Crippen molar-refractivity contribution in [2.45, 2.75) is 31.4 Å². The minimum absolute atomic E-state index is 0.0794. The Bertz CT molecular complexity index is 344. The van der Waals surface area contributed by atoms with E-state index in [0.29, 0.717) is 0 Å². The summed E-state index contributed by atoms with van der Waals surface area (Å²) in [5.41, 5.74) is 4.99. The van der Waals surface area contributed by atoms with Crippen LogP contribution >= 0.6 is 0 Å². The molecule has 0 aromatic carbocycles. The smallest absolute Gasteiger partial charge is 0.323 e. The zero-order valence-corrected chi connectivity index (χ0v) is 10.8. The fourth-order valence-electron chi connectivity index (χ4n) is 2.17. The van der Waals surface area contributed by atoms with Crippen molar-refractivity contribution in [3.63, 3.8) is 0 Å². The molecule has 1 aliphatic rings. The predicted molar refractivity (Wildman–Crippen MR) is 65.4 cm³/mol. The molecule has 2 atom stereocenters. The lowest BCUT2D eigenvalue weighted by Gasteiger charge is -2.25. The van der Waals surface area contributed by atoms with Crippen molar-refractivity contribution in [2.24, 2.45) is 5.73 Å². The second-order valence-electron chi connectivity index (χ2n) is 4.48. The first-order chi connectivity index (χ1) is 8.93. The minimum atomic E-state index is -1.20. The Hall–Kier alpha value is -1.83. The van der Waals surface area contributed by atoms with Crippen molar-refractivity contribution in [1.29, 1.82) is 0 Å². The van der Waals surface area contributed by atoms with E-state index in [1.54, 1.807) is 7.11 Å². The third kappa shape index (κ3) is 4.74. The fourth-order valence-corrected chi connectivity index (χ4v) is 2.17. The third-order valence-corrected chi connectivity index (χ3v) is 3.02. The second kappa shape index (κ2) is 6.93. The van der Waals surface area contributed by atoms with E-state index in [-0.39, 0.29) is 12.1 Å². The van der Waals surface area contributed by atoms with E-state index in [0.717, 1.165) is 24.2 Å². The van der Waals surface area contributed by atoms with Gasteiger partial charge in [-0.15, -0.1) is 0 Å². The van der Waals surface area contributed by atoms with Gasteiger partial charge in [-0.05, 0) is 19.3 Å². The van der Waals surface area contributed by atoms with Crippen LogP contribution in [0.2, 0.25) is 0 Å². The molecule has 0 saturated heterocycles. The molecule has 8 nitrogen and oxygen atoms in total. The summed E-state index contributed by atoms with van der Waals surface area (Å²) in [4.78, 5) is 34.3. The first-order valence-electron chi connectivity index (χ1n) is 6.02. The number of carbonyl (C=O) groups is 3. The number of carboxylic acid groups (broad SMARTS) is 1. The van der Waals surface area contributed by atoms with Crippen LogP contribution in [0.25, 0.3) is 0 Å². The molecule has 1 aliphatic carbocycles. The van der Waals surface area contributed by atoms with Gasteiger partial charge in [-0.1, -0.05) is 0 Å². The number of hydrogen-bond acceptors (Lipinski definition) is 4. The van der Waals surface area contributed by atoms with Crippen molar-refractivity contribution in [3.05, 3.63) is 0 Å². The van der Waals surface area contributed by atoms with Crippen molar-refractivity contribution < 1.29 is 24.2 Å². The van der Waals surface area contributed by atoms with Crippen LogP contribution in [0.1, 0.15) is 19.3 Å². The third-order valence-electron chi connectivity index (χ3n) is 3.02. The molecule has 3 amide bonds. The number of amides is 3. The molecule has 0 radical (unpaired) electrons. The monoisotopic (exact) mass is 273 g/mol. The van der Waals surface area contributed by atoms with Crippen LogP contribution in [0.5, 0.6) is 0 Å². The maximum atomic E-state index is 11.9. The van der Waals surface area contributed by atoms with E-state index in [2.05, 4.69) is 5.32 Å². The zero-order chi connectivity index (χ0) is 14.4. The number of rotatable bonds is 6. The van der Waals surface area contributed by atoms with Crippen molar-refractivity contribution in [1.82, 2.24) is 10.2 Å². The molecule has 1 saturated carbocycles. The summed E-state index contributed by atoms with van der Waals surface area (Å²) < 4.78 is 5.23. The number of carbonyl (C=O) groups excluding carboxylic acids is 2. The van der Waals surface area contributed by atoms with E-state index in [4.69, 9.17) is 15.6 Å².